The third-order valence-corrected chi connectivity index (χ3v) is 2.34. The van der Waals surface area contributed by atoms with Crippen molar-refractivity contribution < 1.29 is 9.57 Å². The van der Waals surface area contributed by atoms with Crippen LogP contribution in [0.2, 0.25) is 0 Å². The molecular weight excluding hydrogens is 214 g/mol. The summed E-state index contributed by atoms with van der Waals surface area (Å²) in [5.41, 5.74) is 3.77. The molecule has 17 heavy (non-hydrogen) atoms. The van der Waals surface area contributed by atoms with Gasteiger partial charge in [0.05, 0.1) is 6.61 Å². The molecule has 0 aliphatic rings. The summed E-state index contributed by atoms with van der Waals surface area (Å²) in [6.07, 6.45) is 2.95. The Kier molecular flexibility index (Phi) is 6.18. The van der Waals surface area contributed by atoms with Gasteiger partial charge in [-0.25, -0.2) is 0 Å². The molecule has 1 aromatic carbocycles. The Hall–Kier alpha value is -1.48. The van der Waals surface area contributed by atoms with Crippen molar-refractivity contribution in [2.75, 3.05) is 13.7 Å². The van der Waals surface area contributed by atoms with Gasteiger partial charge in [0.2, 0.25) is 0 Å². The van der Waals surface area contributed by atoms with Gasteiger partial charge in [-0.3, -0.25) is 0 Å². The average Bonchev–Trinajstić information content (AvgIpc) is 2.32. The molecule has 1 rings (SSSR count). The Morgan fingerprint density at radius 2 is 2.00 bits per heavy atom. The fourth-order valence-corrected chi connectivity index (χ4v) is 1.45. The number of nitrogens with one attached hydrogen (secondary N) is 1. The van der Waals surface area contributed by atoms with Crippen molar-refractivity contribution in [3.8, 4) is 5.75 Å². The van der Waals surface area contributed by atoms with Crippen LogP contribution in [0.15, 0.2) is 36.6 Å². The lowest BCUT2D eigenvalue weighted by atomic mass is 10.1. The molecule has 3 nitrogen and oxygen atoms in total. The van der Waals surface area contributed by atoms with Crippen LogP contribution in [0.25, 0.3) is 0 Å². The lowest BCUT2D eigenvalue weighted by Gasteiger charge is -2.08. The molecule has 3 heteroatoms. The molecule has 0 aliphatic heterocycles. The summed E-state index contributed by atoms with van der Waals surface area (Å²) >= 11 is 0. The lowest BCUT2D eigenvalue weighted by molar-refractivity contribution is 0.123. The number of ether oxygens (including phenoxy) is 1. The van der Waals surface area contributed by atoms with Gasteiger partial charge in [0.15, 0.2) is 0 Å². The number of benzene rings is 1. The second kappa shape index (κ2) is 7.74. The molecule has 0 saturated heterocycles. The number of hydrogen-bond acceptors (Lipinski definition) is 3. The van der Waals surface area contributed by atoms with Crippen LogP contribution >= 0.6 is 0 Å². The molecule has 0 heterocycles. The first-order chi connectivity index (χ1) is 8.26. The molecule has 0 aliphatic carbocycles. The molecule has 0 atom stereocenters. The highest BCUT2D eigenvalue weighted by Crippen LogP contribution is 2.14. The van der Waals surface area contributed by atoms with Crippen LogP contribution in [0.5, 0.6) is 5.75 Å². The minimum Gasteiger partial charge on any atom is -0.494 e. The summed E-state index contributed by atoms with van der Waals surface area (Å²) in [6.45, 7) is 6.74. The minimum atomic E-state index is 0.701. The Bertz CT molecular complexity index is 333. The largest absolute Gasteiger partial charge is 0.494 e. The maximum absolute atomic E-state index is 5.59. The van der Waals surface area contributed by atoms with Crippen LogP contribution in [0.1, 0.15) is 25.3 Å². The van der Waals surface area contributed by atoms with Crippen LogP contribution in [-0.2, 0) is 11.3 Å². The van der Waals surface area contributed by atoms with Crippen molar-refractivity contribution in [3.63, 3.8) is 0 Å². The lowest BCUT2D eigenvalue weighted by Crippen LogP contribution is -2.07. The number of hydrogen-bond donors (Lipinski definition) is 1. The topological polar surface area (TPSA) is 30.5 Å². The SMILES string of the molecule is C=C(Cc1ccc(OCCCC)cc1)ONC. The summed E-state index contributed by atoms with van der Waals surface area (Å²) in [5, 5.41) is 0. The highest BCUT2D eigenvalue weighted by molar-refractivity contribution is 5.28. The molecule has 0 bridgehead atoms. The first-order valence-electron chi connectivity index (χ1n) is 5.99. The molecule has 0 unspecified atom stereocenters. The van der Waals surface area contributed by atoms with Crippen LogP contribution in [0, 0.1) is 0 Å². The van der Waals surface area contributed by atoms with Crippen LogP contribution in [0.3, 0.4) is 0 Å². The van der Waals surface area contributed by atoms with Gasteiger partial charge < -0.3 is 9.57 Å². The monoisotopic (exact) mass is 235 g/mol. The molecule has 0 amide bonds. The van der Waals surface area contributed by atoms with E-state index in [0.29, 0.717) is 12.2 Å². The van der Waals surface area contributed by atoms with Crippen molar-refractivity contribution in [2.45, 2.75) is 26.2 Å². The van der Waals surface area contributed by atoms with Crippen molar-refractivity contribution in [1.82, 2.24) is 5.48 Å². The van der Waals surface area contributed by atoms with E-state index in [1.165, 1.54) is 0 Å². The summed E-state index contributed by atoms with van der Waals surface area (Å²) in [4.78, 5) is 5.08. The standard InChI is InChI=1S/C14H21NO2/c1-4-5-10-16-14-8-6-13(7-9-14)11-12(2)17-15-3/h6-9,15H,2,4-5,10-11H2,1,3H3. The Labute approximate surface area is 103 Å². The van der Waals surface area contributed by atoms with Crippen molar-refractivity contribution >= 4 is 0 Å². The molecule has 1 aromatic rings. The summed E-state index contributed by atoms with van der Waals surface area (Å²) in [6, 6.07) is 8.03. The van der Waals surface area contributed by atoms with Crippen LogP contribution in [-0.4, -0.2) is 13.7 Å². The smallest absolute Gasteiger partial charge is 0.121 e. The van der Waals surface area contributed by atoms with Gasteiger partial charge in [0, 0.05) is 13.5 Å². The quantitative estimate of drug-likeness (QED) is 0.427. The van der Waals surface area contributed by atoms with E-state index in [1.807, 2.05) is 24.3 Å². The van der Waals surface area contributed by atoms with E-state index in [1.54, 1.807) is 7.05 Å². The van der Waals surface area contributed by atoms with Crippen molar-refractivity contribution in [2.24, 2.45) is 0 Å². The van der Waals surface area contributed by atoms with Gasteiger partial charge in [0.25, 0.3) is 0 Å². The number of allylic oxidation sites excluding steroid dienone is 1. The maximum atomic E-state index is 5.59. The van der Waals surface area contributed by atoms with Crippen LogP contribution in [0.4, 0.5) is 0 Å². The predicted molar refractivity (Wildman–Crippen MR) is 69.8 cm³/mol. The predicted octanol–water partition coefficient (Wildman–Crippen LogP) is 3.07. The van der Waals surface area contributed by atoms with Gasteiger partial charge in [0.1, 0.15) is 11.5 Å². The Balaban J connectivity index is 2.41. The first kappa shape index (κ1) is 13.6. The molecule has 0 radical (unpaired) electrons. The zero-order valence-corrected chi connectivity index (χ0v) is 10.7. The molecule has 94 valence electrons. The van der Waals surface area contributed by atoms with E-state index < -0.39 is 0 Å². The number of hydroxylamine groups is 1. The molecule has 0 spiro atoms. The first-order valence-corrected chi connectivity index (χ1v) is 5.99. The Morgan fingerprint density at radius 1 is 1.29 bits per heavy atom. The highest BCUT2D eigenvalue weighted by atomic mass is 16.6. The fourth-order valence-electron chi connectivity index (χ4n) is 1.45. The molecule has 1 N–H and O–H groups in total. The maximum Gasteiger partial charge on any atom is 0.121 e. The van der Waals surface area contributed by atoms with Crippen molar-refractivity contribution in [3.05, 3.63) is 42.2 Å². The zero-order valence-electron chi connectivity index (χ0n) is 10.7. The zero-order chi connectivity index (χ0) is 12.5. The summed E-state index contributed by atoms with van der Waals surface area (Å²) < 4.78 is 5.59. The van der Waals surface area contributed by atoms with Gasteiger partial charge >= 0.3 is 0 Å². The van der Waals surface area contributed by atoms with E-state index in [9.17, 15) is 0 Å². The second-order valence-electron chi connectivity index (χ2n) is 3.87. The second-order valence-corrected chi connectivity index (χ2v) is 3.87. The highest BCUT2D eigenvalue weighted by Gasteiger charge is 1.99. The van der Waals surface area contributed by atoms with E-state index in [0.717, 1.165) is 30.8 Å². The Morgan fingerprint density at radius 3 is 2.59 bits per heavy atom. The van der Waals surface area contributed by atoms with Gasteiger partial charge in [-0.2, -0.15) is 5.48 Å². The van der Waals surface area contributed by atoms with E-state index in [4.69, 9.17) is 9.57 Å². The van der Waals surface area contributed by atoms with E-state index >= 15 is 0 Å². The van der Waals surface area contributed by atoms with Crippen LogP contribution < -0.4 is 10.2 Å². The van der Waals surface area contributed by atoms with Gasteiger partial charge in [-0.05, 0) is 24.1 Å². The fraction of sp³-hybridized carbons (Fsp3) is 0.429. The minimum absolute atomic E-state index is 0.701. The van der Waals surface area contributed by atoms with E-state index in [2.05, 4.69) is 19.0 Å². The number of unbranched alkanes of at least 4 members (excludes halogenated alkanes) is 1. The third-order valence-electron chi connectivity index (χ3n) is 2.34. The van der Waals surface area contributed by atoms with Crippen molar-refractivity contribution in [1.29, 1.82) is 0 Å². The summed E-state index contributed by atoms with van der Waals surface area (Å²) in [5.74, 6) is 1.62. The average molecular weight is 235 g/mol. The normalized spacial score (nSPS) is 10.0. The molecule has 0 fully saturated rings. The number of rotatable bonds is 8. The van der Waals surface area contributed by atoms with E-state index in [-0.39, 0.29) is 0 Å². The van der Waals surface area contributed by atoms with Gasteiger partial charge in [-0.15, -0.1) is 0 Å². The molecule has 0 saturated carbocycles. The summed E-state index contributed by atoms with van der Waals surface area (Å²) in [7, 11) is 1.72. The molecule has 0 aromatic heterocycles. The third kappa shape index (κ3) is 5.41. The van der Waals surface area contributed by atoms with Gasteiger partial charge in [-0.1, -0.05) is 32.1 Å². The molecular formula is C14H21NO2.